The molecular weight excluding hydrogens is 192 g/mol. The van der Waals surface area contributed by atoms with E-state index in [1.54, 1.807) is 18.2 Å². The van der Waals surface area contributed by atoms with Crippen LogP contribution in [0.2, 0.25) is 0 Å². The molecule has 0 unspecified atom stereocenters. The second-order valence-electron chi connectivity index (χ2n) is 2.76. The summed E-state index contributed by atoms with van der Waals surface area (Å²) in [6.07, 6.45) is 0. The van der Waals surface area contributed by atoms with Gasteiger partial charge in [-0.1, -0.05) is 17.0 Å². The van der Waals surface area contributed by atoms with Crippen molar-refractivity contribution in [2.24, 2.45) is 5.11 Å². The maximum atomic E-state index is 8.96. The minimum Gasteiger partial charge on any atom is -0.398 e. The lowest BCUT2D eigenvalue weighted by Crippen LogP contribution is -1.94. The van der Waals surface area contributed by atoms with Crippen molar-refractivity contribution >= 4 is 5.69 Å². The van der Waals surface area contributed by atoms with E-state index in [0.29, 0.717) is 11.3 Å². The fraction of sp³-hybridized carbons (Fsp3) is 0.200. The largest absolute Gasteiger partial charge is 0.398 e. The number of nitrogen functional groups attached to an aromatic ring is 1. The van der Waals surface area contributed by atoms with E-state index in [2.05, 4.69) is 21.9 Å². The van der Waals surface area contributed by atoms with E-state index in [4.69, 9.17) is 16.4 Å². The van der Waals surface area contributed by atoms with Crippen LogP contribution in [0, 0.1) is 11.8 Å². The topological polar surface area (TPSA) is 95.0 Å². The summed E-state index contributed by atoms with van der Waals surface area (Å²) in [4.78, 5) is 2.58. The molecule has 0 atom stereocenters. The molecule has 15 heavy (non-hydrogen) atoms. The van der Waals surface area contributed by atoms with Gasteiger partial charge in [-0.2, -0.15) is 0 Å². The first-order chi connectivity index (χ1) is 7.27. The monoisotopic (exact) mass is 202 g/mol. The minimum absolute atomic E-state index is 0.113. The highest BCUT2D eigenvalue weighted by atomic mass is 16.3. The standard InChI is InChI=1S/C10H10N4O/c11-10-4-3-8(6-9(10)7-15)2-1-5-13-14-12/h3-4,6,15H,5,7,11H2. The van der Waals surface area contributed by atoms with Crippen molar-refractivity contribution in [3.8, 4) is 11.8 Å². The SMILES string of the molecule is [N-]=[N+]=NCC#Cc1ccc(N)c(CO)c1. The van der Waals surface area contributed by atoms with Crippen LogP contribution < -0.4 is 5.73 Å². The van der Waals surface area contributed by atoms with Crippen LogP contribution in [0.4, 0.5) is 5.69 Å². The summed E-state index contributed by atoms with van der Waals surface area (Å²) in [6, 6.07) is 5.14. The highest BCUT2D eigenvalue weighted by Gasteiger charge is 1.97. The molecule has 0 aliphatic carbocycles. The molecule has 3 N–H and O–H groups in total. The Kier molecular flexibility index (Phi) is 4.05. The molecule has 1 aromatic rings. The number of hydrogen-bond acceptors (Lipinski definition) is 3. The molecule has 76 valence electrons. The Morgan fingerprint density at radius 3 is 3.00 bits per heavy atom. The molecule has 5 nitrogen and oxygen atoms in total. The Morgan fingerprint density at radius 2 is 2.33 bits per heavy atom. The van der Waals surface area contributed by atoms with E-state index >= 15 is 0 Å². The number of azide groups is 1. The van der Waals surface area contributed by atoms with Crippen molar-refractivity contribution < 1.29 is 5.11 Å². The lowest BCUT2D eigenvalue weighted by Gasteiger charge is -2.01. The first-order valence-electron chi connectivity index (χ1n) is 4.27. The Labute approximate surface area is 87.2 Å². The molecule has 0 amide bonds. The lowest BCUT2D eigenvalue weighted by atomic mass is 10.1. The number of aliphatic hydroxyl groups excluding tert-OH is 1. The van der Waals surface area contributed by atoms with Gasteiger partial charge in [0.25, 0.3) is 0 Å². The molecule has 0 fully saturated rings. The predicted octanol–water partition coefficient (Wildman–Crippen LogP) is 1.42. The van der Waals surface area contributed by atoms with Crippen LogP contribution >= 0.6 is 0 Å². The summed E-state index contributed by atoms with van der Waals surface area (Å²) in [5, 5.41) is 12.2. The van der Waals surface area contributed by atoms with Crippen LogP contribution in [-0.2, 0) is 6.61 Å². The van der Waals surface area contributed by atoms with Crippen LogP contribution in [0.5, 0.6) is 0 Å². The first-order valence-corrected chi connectivity index (χ1v) is 4.27. The molecule has 1 rings (SSSR count). The van der Waals surface area contributed by atoms with Crippen LogP contribution in [0.3, 0.4) is 0 Å². The van der Waals surface area contributed by atoms with Crippen molar-refractivity contribution in [3.63, 3.8) is 0 Å². The van der Waals surface area contributed by atoms with Gasteiger partial charge in [0.2, 0.25) is 0 Å². The van der Waals surface area contributed by atoms with Gasteiger partial charge in [-0.05, 0) is 23.7 Å². The summed E-state index contributed by atoms with van der Waals surface area (Å²) < 4.78 is 0. The molecule has 0 aromatic heterocycles. The van der Waals surface area contributed by atoms with E-state index in [1.807, 2.05) is 0 Å². The van der Waals surface area contributed by atoms with E-state index in [-0.39, 0.29) is 13.2 Å². The molecule has 5 heteroatoms. The first kappa shape index (κ1) is 10.9. The summed E-state index contributed by atoms with van der Waals surface area (Å²) in [6.45, 7) is 0.0209. The average Bonchev–Trinajstić information content (AvgIpc) is 2.26. The normalized spacial score (nSPS) is 8.60. The Morgan fingerprint density at radius 1 is 1.53 bits per heavy atom. The van der Waals surface area contributed by atoms with Gasteiger partial charge in [0.15, 0.2) is 0 Å². The van der Waals surface area contributed by atoms with Gasteiger partial charge in [-0.15, -0.1) is 0 Å². The summed E-state index contributed by atoms with van der Waals surface area (Å²) in [7, 11) is 0. The van der Waals surface area contributed by atoms with E-state index in [9.17, 15) is 0 Å². The van der Waals surface area contributed by atoms with Gasteiger partial charge in [0, 0.05) is 21.7 Å². The quantitative estimate of drug-likeness (QED) is 0.249. The highest BCUT2D eigenvalue weighted by molar-refractivity contribution is 5.51. The van der Waals surface area contributed by atoms with Crippen LogP contribution in [0.15, 0.2) is 23.3 Å². The molecule has 0 spiro atoms. The van der Waals surface area contributed by atoms with Gasteiger partial charge in [0.05, 0.1) is 13.2 Å². The maximum absolute atomic E-state index is 8.96. The maximum Gasteiger partial charge on any atom is 0.0880 e. The minimum atomic E-state index is -0.113. The summed E-state index contributed by atoms with van der Waals surface area (Å²) in [5.41, 5.74) is 15.5. The third kappa shape index (κ3) is 3.24. The average molecular weight is 202 g/mol. The van der Waals surface area contributed by atoms with Gasteiger partial charge in [-0.25, -0.2) is 0 Å². The predicted molar refractivity (Wildman–Crippen MR) is 57.7 cm³/mol. The van der Waals surface area contributed by atoms with Crippen molar-refractivity contribution in [2.45, 2.75) is 6.61 Å². The Balaban J connectivity index is 2.85. The van der Waals surface area contributed by atoms with Gasteiger partial charge >= 0.3 is 0 Å². The number of benzene rings is 1. The fourth-order valence-electron chi connectivity index (χ4n) is 1.03. The molecule has 1 aromatic carbocycles. The number of aliphatic hydroxyl groups is 1. The number of nitrogens with zero attached hydrogens (tertiary/aromatic N) is 3. The molecule has 0 aliphatic heterocycles. The lowest BCUT2D eigenvalue weighted by molar-refractivity contribution is 0.282. The molecule has 0 radical (unpaired) electrons. The second-order valence-corrected chi connectivity index (χ2v) is 2.76. The van der Waals surface area contributed by atoms with Crippen molar-refractivity contribution in [1.82, 2.24) is 0 Å². The summed E-state index contributed by atoms with van der Waals surface area (Å²) in [5.74, 6) is 5.48. The van der Waals surface area contributed by atoms with E-state index in [0.717, 1.165) is 5.56 Å². The number of rotatable bonds is 2. The van der Waals surface area contributed by atoms with Crippen molar-refractivity contribution in [3.05, 3.63) is 39.8 Å². The molecule has 0 saturated heterocycles. The van der Waals surface area contributed by atoms with Gasteiger partial charge < -0.3 is 10.8 Å². The van der Waals surface area contributed by atoms with Crippen LogP contribution in [0.25, 0.3) is 10.4 Å². The number of nitrogens with two attached hydrogens (primary N) is 1. The van der Waals surface area contributed by atoms with Gasteiger partial charge in [-0.3, -0.25) is 0 Å². The van der Waals surface area contributed by atoms with Crippen LogP contribution in [-0.4, -0.2) is 11.7 Å². The van der Waals surface area contributed by atoms with E-state index < -0.39 is 0 Å². The number of hydrogen-bond donors (Lipinski definition) is 2. The molecule has 0 bridgehead atoms. The highest BCUT2D eigenvalue weighted by Crippen LogP contribution is 2.13. The third-order valence-electron chi connectivity index (χ3n) is 1.76. The molecule has 0 heterocycles. The fourth-order valence-corrected chi connectivity index (χ4v) is 1.03. The zero-order valence-electron chi connectivity index (χ0n) is 8.01. The van der Waals surface area contributed by atoms with Gasteiger partial charge in [0.1, 0.15) is 0 Å². The van der Waals surface area contributed by atoms with Crippen LogP contribution in [0.1, 0.15) is 11.1 Å². The zero-order valence-corrected chi connectivity index (χ0v) is 8.01. The Bertz CT molecular complexity index is 452. The smallest absolute Gasteiger partial charge is 0.0880 e. The number of anilines is 1. The Hall–Kier alpha value is -2.15. The second kappa shape index (κ2) is 5.55. The van der Waals surface area contributed by atoms with Crippen molar-refractivity contribution in [1.29, 1.82) is 0 Å². The molecule has 0 aliphatic rings. The third-order valence-corrected chi connectivity index (χ3v) is 1.76. The molecule has 0 saturated carbocycles. The van der Waals surface area contributed by atoms with Crippen molar-refractivity contribution in [2.75, 3.05) is 12.3 Å². The zero-order chi connectivity index (χ0) is 11.1. The van der Waals surface area contributed by atoms with E-state index in [1.165, 1.54) is 0 Å². The summed E-state index contributed by atoms with van der Waals surface area (Å²) >= 11 is 0. The molecular formula is C10H10N4O.